The van der Waals surface area contributed by atoms with Gasteiger partial charge in [-0.1, -0.05) is 19.9 Å². The first-order valence-corrected chi connectivity index (χ1v) is 7.47. The number of anilines is 1. The number of thiophene rings is 1. The highest BCUT2D eigenvalue weighted by Gasteiger charge is 2.00. The molecule has 0 spiro atoms. The highest BCUT2D eigenvalue weighted by atomic mass is 32.1. The van der Waals surface area contributed by atoms with Gasteiger partial charge < -0.3 is 10.1 Å². The van der Waals surface area contributed by atoms with Crippen LogP contribution in [0.1, 0.15) is 23.6 Å². The first kappa shape index (κ1) is 13.9. The number of ether oxygens (including phenoxy) is 1. The molecule has 0 bridgehead atoms. The molecule has 0 unspecified atom stereocenters. The summed E-state index contributed by atoms with van der Waals surface area (Å²) in [6, 6.07) is 12.5. The van der Waals surface area contributed by atoms with Gasteiger partial charge in [-0.05, 0) is 37.1 Å². The second-order valence-electron chi connectivity index (χ2n) is 5.10. The Bertz CT molecular complexity index is 519. The molecular formula is C16H21NOS. The summed E-state index contributed by atoms with van der Waals surface area (Å²) in [5.74, 6) is 1.48. The Labute approximate surface area is 119 Å². The van der Waals surface area contributed by atoms with Gasteiger partial charge in [0.25, 0.3) is 0 Å². The zero-order valence-corrected chi connectivity index (χ0v) is 12.6. The van der Waals surface area contributed by atoms with Crippen molar-refractivity contribution in [1.29, 1.82) is 0 Å². The van der Waals surface area contributed by atoms with E-state index in [0.717, 1.165) is 24.6 Å². The lowest BCUT2D eigenvalue weighted by atomic mass is 10.2. The van der Waals surface area contributed by atoms with Crippen molar-refractivity contribution < 1.29 is 4.74 Å². The maximum absolute atomic E-state index is 5.73. The molecule has 1 aromatic heterocycles. The van der Waals surface area contributed by atoms with Crippen molar-refractivity contribution in [2.24, 2.45) is 5.92 Å². The SMILES string of the molecule is Cc1ccc(CNc2cccc(OCC(C)C)c2)s1. The van der Waals surface area contributed by atoms with E-state index in [4.69, 9.17) is 4.74 Å². The van der Waals surface area contributed by atoms with Gasteiger partial charge in [-0.25, -0.2) is 0 Å². The monoisotopic (exact) mass is 275 g/mol. The summed E-state index contributed by atoms with van der Waals surface area (Å²) < 4.78 is 5.73. The van der Waals surface area contributed by atoms with E-state index in [1.807, 2.05) is 23.5 Å². The summed E-state index contributed by atoms with van der Waals surface area (Å²) in [5, 5.41) is 3.43. The molecule has 102 valence electrons. The molecule has 2 rings (SSSR count). The summed E-state index contributed by atoms with van der Waals surface area (Å²) in [6.45, 7) is 8.07. The first-order chi connectivity index (χ1) is 9.13. The smallest absolute Gasteiger partial charge is 0.121 e. The molecule has 1 N–H and O–H groups in total. The lowest BCUT2D eigenvalue weighted by molar-refractivity contribution is 0.271. The van der Waals surface area contributed by atoms with Gasteiger partial charge >= 0.3 is 0 Å². The van der Waals surface area contributed by atoms with E-state index in [2.05, 4.69) is 50.4 Å². The number of hydrogen-bond acceptors (Lipinski definition) is 3. The number of rotatable bonds is 6. The van der Waals surface area contributed by atoms with E-state index in [0.29, 0.717) is 5.92 Å². The molecule has 1 aromatic carbocycles. The second-order valence-corrected chi connectivity index (χ2v) is 6.47. The maximum atomic E-state index is 5.73. The number of hydrogen-bond donors (Lipinski definition) is 1. The second kappa shape index (κ2) is 6.62. The van der Waals surface area contributed by atoms with Crippen molar-refractivity contribution in [3.8, 4) is 5.75 Å². The van der Waals surface area contributed by atoms with Gasteiger partial charge in [0.1, 0.15) is 5.75 Å². The summed E-state index contributed by atoms with van der Waals surface area (Å²) in [4.78, 5) is 2.71. The van der Waals surface area contributed by atoms with Crippen molar-refractivity contribution in [2.45, 2.75) is 27.3 Å². The molecule has 0 aliphatic carbocycles. The Morgan fingerprint density at radius 3 is 2.74 bits per heavy atom. The molecule has 0 saturated carbocycles. The van der Waals surface area contributed by atoms with Crippen LogP contribution in [-0.2, 0) is 6.54 Å². The average Bonchev–Trinajstić information content (AvgIpc) is 2.80. The minimum Gasteiger partial charge on any atom is -0.493 e. The van der Waals surface area contributed by atoms with Crippen LogP contribution in [0.2, 0.25) is 0 Å². The highest BCUT2D eigenvalue weighted by molar-refractivity contribution is 7.11. The van der Waals surface area contributed by atoms with Gasteiger partial charge in [0.15, 0.2) is 0 Å². The minimum atomic E-state index is 0.547. The van der Waals surface area contributed by atoms with Crippen molar-refractivity contribution in [1.82, 2.24) is 0 Å². The van der Waals surface area contributed by atoms with Crippen molar-refractivity contribution in [2.75, 3.05) is 11.9 Å². The Morgan fingerprint density at radius 2 is 2.05 bits per heavy atom. The Morgan fingerprint density at radius 1 is 1.21 bits per heavy atom. The molecule has 0 aliphatic rings. The van der Waals surface area contributed by atoms with E-state index in [1.165, 1.54) is 9.75 Å². The van der Waals surface area contributed by atoms with E-state index in [-0.39, 0.29) is 0 Å². The van der Waals surface area contributed by atoms with E-state index in [9.17, 15) is 0 Å². The molecule has 2 nitrogen and oxygen atoms in total. The summed E-state index contributed by atoms with van der Waals surface area (Å²) in [7, 11) is 0. The standard InChI is InChI=1S/C16H21NOS/c1-12(2)11-18-15-6-4-5-14(9-15)17-10-16-8-7-13(3)19-16/h4-9,12,17H,10-11H2,1-3H3. The molecule has 0 amide bonds. The van der Waals surface area contributed by atoms with Crippen molar-refractivity contribution in [3.05, 3.63) is 46.2 Å². The van der Waals surface area contributed by atoms with Crippen LogP contribution < -0.4 is 10.1 Å². The van der Waals surface area contributed by atoms with Gasteiger partial charge in [-0.2, -0.15) is 0 Å². The quantitative estimate of drug-likeness (QED) is 0.824. The lowest BCUT2D eigenvalue weighted by Crippen LogP contribution is -2.05. The van der Waals surface area contributed by atoms with Crippen LogP contribution in [0.15, 0.2) is 36.4 Å². The van der Waals surface area contributed by atoms with Gasteiger partial charge in [0.2, 0.25) is 0 Å². The van der Waals surface area contributed by atoms with E-state index >= 15 is 0 Å². The molecule has 0 fully saturated rings. The van der Waals surface area contributed by atoms with Crippen LogP contribution in [0.4, 0.5) is 5.69 Å². The van der Waals surface area contributed by atoms with Crippen LogP contribution in [-0.4, -0.2) is 6.61 Å². The largest absolute Gasteiger partial charge is 0.493 e. The molecule has 1 heterocycles. The number of benzene rings is 1. The van der Waals surface area contributed by atoms with E-state index in [1.54, 1.807) is 0 Å². The third-order valence-electron chi connectivity index (χ3n) is 2.68. The molecule has 0 atom stereocenters. The lowest BCUT2D eigenvalue weighted by Gasteiger charge is -2.10. The van der Waals surface area contributed by atoms with Crippen LogP contribution in [0.3, 0.4) is 0 Å². The third kappa shape index (κ3) is 4.60. The fourth-order valence-corrected chi connectivity index (χ4v) is 2.56. The predicted octanol–water partition coefficient (Wildman–Crippen LogP) is 4.70. The molecular weight excluding hydrogens is 254 g/mol. The molecule has 19 heavy (non-hydrogen) atoms. The molecule has 2 aromatic rings. The normalized spacial score (nSPS) is 10.7. The fraction of sp³-hybridized carbons (Fsp3) is 0.375. The van der Waals surface area contributed by atoms with Gasteiger partial charge in [0.05, 0.1) is 6.61 Å². The zero-order valence-electron chi connectivity index (χ0n) is 11.8. The minimum absolute atomic E-state index is 0.547. The fourth-order valence-electron chi connectivity index (χ4n) is 1.73. The summed E-state index contributed by atoms with van der Waals surface area (Å²) in [5.41, 5.74) is 1.10. The first-order valence-electron chi connectivity index (χ1n) is 6.65. The Hall–Kier alpha value is -1.48. The number of aryl methyl sites for hydroxylation is 1. The van der Waals surface area contributed by atoms with Gasteiger partial charge in [0, 0.05) is 28.1 Å². The maximum Gasteiger partial charge on any atom is 0.121 e. The van der Waals surface area contributed by atoms with Crippen LogP contribution in [0.25, 0.3) is 0 Å². The molecule has 3 heteroatoms. The zero-order chi connectivity index (χ0) is 13.7. The van der Waals surface area contributed by atoms with Crippen LogP contribution >= 0.6 is 11.3 Å². The summed E-state index contributed by atoms with van der Waals surface area (Å²) in [6.07, 6.45) is 0. The molecule has 0 aliphatic heterocycles. The Balaban J connectivity index is 1.91. The average molecular weight is 275 g/mol. The van der Waals surface area contributed by atoms with Crippen molar-refractivity contribution >= 4 is 17.0 Å². The molecule has 0 saturated heterocycles. The van der Waals surface area contributed by atoms with E-state index < -0.39 is 0 Å². The topological polar surface area (TPSA) is 21.3 Å². The van der Waals surface area contributed by atoms with Crippen LogP contribution in [0, 0.1) is 12.8 Å². The Kier molecular flexibility index (Phi) is 4.86. The summed E-state index contributed by atoms with van der Waals surface area (Å²) >= 11 is 1.83. The predicted molar refractivity (Wildman–Crippen MR) is 83.2 cm³/mol. The number of nitrogens with one attached hydrogen (secondary N) is 1. The van der Waals surface area contributed by atoms with Gasteiger partial charge in [-0.15, -0.1) is 11.3 Å². The third-order valence-corrected chi connectivity index (χ3v) is 3.68. The highest BCUT2D eigenvalue weighted by Crippen LogP contribution is 2.20. The molecule has 0 radical (unpaired) electrons. The van der Waals surface area contributed by atoms with Crippen molar-refractivity contribution in [3.63, 3.8) is 0 Å². The van der Waals surface area contributed by atoms with Gasteiger partial charge in [-0.3, -0.25) is 0 Å². The van der Waals surface area contributed by atoms with Crippen LogP contribution in [0.5, 0.6) is 5.75 Å².